The van der Waals surface area contributed by atoms with Crippen molar-refractivity contribution in [1.82, 2.24) is 5.32 Å². The maximum Gasteiger partial charge on any atom is 0.329 e. The number of amides is 1. The number of rotatable bonds is 6. The second-order valence-electron chi connectivity index (χ2n) is 5.48. The maximum absolute atomic E-state index is 14.0. The van der Waals surface area contributed by atoms with Crippen molar-refractivity contribution >= 4 is 23.6 Å². The molecule has 2 rings (SSSR count). The number of methoxy groups -OCH3 is 1. The van der Waals surface area contributed by atoms with Crippen LogP contribution in [0.5, 0.6) is 5.75 Å². The summed E-state index contributed by atoms with van der Waals surface area (Å²) in [7, 11) is 1.38. The van der Waals surface area contributed by atoms with Crippen molar-refractivity contribution in [2.75, 3.05) is 18.6 Å². The standard InChI is InChI=1S/C16H20FNO4S/c1-22-12-4-2-3-11(14(12)17)5-6-13(19)18-16(15(20)21)7-9-23-10-8-16/h2-4H,5-10H2,1H3,(H,18,19)(H,20,21). The Hall–Kier alpha value is -1.76. The molecule has 1 heterocycles. The number of carbonyl (C=O) groups is 2. The van der Waals surface area contributed by atoms with Crippen LogP contribution in [-0.4, -0.2) is 41.1 Å². The summed E-state index contributed by atoms with van der Waals surface area (Å²) in [6.07, 6.45) is 1.05. The highest BCUT2D eigenvalue weighted by molar-refractivity contribution is 7.99. The van der Waals surface area contributed by atoms with Crippen LogP contribution in [-0.2, 0) is 16.0 Å². The van der Waals surface area contributed by atoms with Crippen LogP contribution in [0.15, 0.2) is 18.2 Å². The Morgan fingerprint density at radius 1 is 1.39 bits per heavy atom. The smallest absolute Gasteiger partial charge is 0.329 e. The normalized spacial score (nSPS) is 16.6. The molecule has 0 spiro atoms. The monoisotopic (exact) mass is 341 g/mol. The molecule has 0 unspecified atom stereocenters. The highest BCUT2D eigenvalue weighted by Gasteiger charge is 2.41. The van der Waals surface area contributed by atoms with Gasteiger partial charge in [0.2, 0.25) is 5.91 Å². The van der Waals surface area contributed by atoms with Gasteiger partial charge in [0.1, 0.15) is 5.54 Å². The fraction of sp³-hybridized carbons (Fsp3) is 0.500. The molecule has 2 N–H and O–H groups in total. The van der Waals surface area contributed by atoms with Gasteiger partial charge in [-0.05, 0) is 42.4 Å². The van der Waals surface area contributed by atoms with Crippen molar-refractivity contribution in [1.29, 1.82) is 0 Å². The molecule has 1 saturated heterocycles. The minimum Gasteiger partial charge on any atom is -0.494 e. The van der Waals surface area contributed by atoms with Crippen molar-refractivity contribution in [2.45, 2.75) is 31.2 Å². The molecule has 0 aliphatic carbocycles. The second kappa shape index (κ2) is 7.68. The Bertz CT molecular complexity index is 587. The molecule has 7 heteroatoms. The molecule has 0 saturated carbocycles. The number of aliphatic carboxylic acids is 1. The molecular formula is C16H20FNO4S. The van der Waals surface area contributed by atoms with Crippen molar-refractivity contribution in [2.24, 2.45) is 0 Å². The average Bonchev–Trinajstić information content (AvgIpc) is 2.54. The zero-order valence-corrected chi connectivity index (χ0v) is 13.7. The summed E-state index contributed by atoms with van der Waals surface area (Å²) >= 11 is 1.68. The molecule has 1 aliphatic rings. The first-order chi connectivity index (χ1) is 11.0. The lowest BCUT2D eigenvalue weighted by Gasteiger charge is -2.33. The number of thioether (sulfide) groups is 1. The molecule has 1 aromatic rings. The summed E-state index contributed by atoms with van der Waals surface area (Å²) in [5.41, 5.74) is -0.807. The zero-order valence-electron chi connectivity index (χ0n) is 12.9. The first-order valence-electron chi connectivity index (χ1n) is 7.42. The van der Waals surface area contributed by atoms with E-state index in [4.69, 9.17) is 4.74 Å². The predicted molar refractivity (Wildman–Crippen MR) is 86.3 cm³/mol. The van der Waals surface area contributed by atoms with Crippen LogP contribution in [0.1, 0.15) is 24.8 Å². The van der Waals surface area contributed by atoms with E-state index in [1.165, 1.54) is 13.2 Å². The number of aryl methyl sites for hydroxylation is 1. The van der Waals surface area contributed by atoms with E-state index in [2.05, 4.69) is 5.32 Å². The van der Waals surface area contributed by atoms with Crippen LogP contribution >= 0.6 is 11.8 Å². The van der Waals surface area contributed by atoms with Crippen LogP contribution in [0.3, 0.4) is 0 Å². The lowest BCUT2D eigenvalue weighted by atomic mass is 9.92. The number of ether oxygens (including phenoxy) is 1. The van der Waals surface area contributed by atoms with Gasteiger partial charge in [0.05, 0.1) is 7.11 Å². The van der Waals surface area contributed by atoms with Crippen LogP contribution in [0.25, 0.3) is 0 Å². The zero-order chi connectivity index (χ0) is 16.9. The Labute approximate surface area is 138 Å². The number of hydrogen-bond donors (Lipinski definition) is 2. The fourth-order valence-electron chi connectivity index (χ4n) is 2.60. The van der Waals surface area contributed by atoms with Gasteiger partial charge in [-0.3, -0.25) is 4.79 Å². The maximum atomic E-state index is 14.0. The molecule has 0 atom stereocenters. The molecule has 23 heavy (non-hydrogen) atoms. The van der Waals surface area contributed by atoms with Gasteiger partial charge >= 0.3 is 5.97 Å². The van der Waals surface area contributed by atoms with Crippen molar-refractivity contribution < 1.29 is 23.8 Å². The lowest BCUT2D eigenvalue weighted by Crippen LogP contribution is -2.56. The van der Waals surface area contributed by atoms with E-state index in [0.717, 1.165) is 0 Å². The van der Waals surface area contributed by atoms with E-state index in [9.17, 15) is 19.1 Å². The third kappa shape index (κ3) is 4.16. The van der Waals surface area contributed by atoms with E-state index in [0.29, 0.717) is 29.9 Å². The molecule has 126 valence electrons. The van der Waals surface area contributed by atoms with Gasteiger partial charge in [-0.1, -0.05) is 12.1 Å². The van der Waals surface area contributed by atoms with Crippen LogP contribution < -0.4 is 10.1 Å². The predicted octanol–water partition coefficient (Wildman–Crippen LogP) is 2.23. The third-order valence-corrected chi connectivity index (χ3v) is 5.00. The van der Waals surface area contributed by atoms with Crippen molar-refractivity contribution in [3.8, 4) is 5.75 Å². The molecule has 1 aliphatic heterocycles. The summed E-state index contributed by atoms with van der Waals surface area (Å²) in [6.45, 7) is 0. The highest BCUT2D eigenvalue weighted by atomic mass is 32.2. The number of carboxylic acid groups (broad SMARTS) is 1. The largest absolute Gasteiger partial charge is 0.494 e. The van der Waals surface area contributed by atoms with Gasteiger partial charge in [0.15, 0.2) is 11.6 Å². The summed E-state index contributed by atoms with van der Waals surface area (Å²) < 4.78 is 18.9. The van der Waals surface area contributed by atoms with Gasteiger partial charge in [0, 0.05) is 6.42 Å². The second-order valence-corrected chi connectivity index (χ2v) is 6.71. The molecular weight excluding hydrogens is 321 g/mol. The van der Waals surface area contributed by atoms with Crippen LogP contribution in [0.2, 0.25) is 0 Å². The van der Waals surface area contributed by atoms with Gasteiger partial charge in [-0.2, -0.15) is 11.8 Å². The van der Waals surface area contributed by atoms with E-state index in [1.807, 2.05) is 0 Å². The summed E-state index contributed by atoms with van der Waals surface area (Å²) in [5.74, 6) is -0.312. The Morgan fingerprint density at radius 2 is 2.09 bits per heavy atom. The molecule has 0 radical (unpaired) electrons. The summed E-state index contributed by atoms with van der Waals surface area (Å²) in [6, 6.07) is 4.76. The number of carboxylic acids is 1. The quantitative estimate of drug-likeness (QED) is 0.830. The number of benzene rings is 1. The van der Waals surface area contributed by atoms with Crippen LogP contribution in [0, 0.1) is 5.82 Å². The number of halogens is 1. The minimum atomic E-state index is -1.19. The minimum absolute atomic E-state index is 0.0340. The van der Waals surface area contributed by atoms with E-state index in [1.54, 1.807) is 23.9 Å². The van der Waals surface area contributed by atoms with E-state index in [-0.39, 0.29) is 24.5 Å². The molecule has 1 fully saturated rings. The number of nitrogens with one attached hydrogen (secondary N) is 1. The molecule has 1 amide bonds. The van der Waals surface area contributed by atoms with Crippen LogP contribution in [0.4, 0.5) is 4.39 Å². The topological polar surface area (TPSA) is 75.6 Å². The van der Waals surface area contributed by atoms with E-state index < -0.39 is 17.3 Å². The van der Waals surface area contributed by atoms with Gasteiger partial charge in [-0.15, -0.1) is 0 Å². The Morgan fingerprint density at radius 3 is 2.70 bits per heavy atom. The summed E-state index contributed by atoms with van der Waals surface area (Å²) in [4.78, 5) is 23.6. The average molecular weight is 341 g/mol. The molecule has 0 aromatic heterocycles. The molecule has 5 nitrogen and oxygen atoms in total. The lowest BCUT2D eigenvalue weighted by molar-refractivity contribution is -0.148. The van der Waals surface area contributed by atoms with E-state index >= 15 is 0 Å². The van der Waals surface area contributed by atoms with Gasteiger partial charge in [-0.25, -0.2) is 9.18 Å². The number of carbonyl (C=O) groups excluding carboxylic acids is 1. The highest BCUT2D eigenvalue weighted by Crippen LogP contribution is 2.28. The van der Waals surface area contributed by atoms with Gasteiger partial charge < -0.3 is 15.2 Å². The third-order valence-electron chi connectivity index (χ3n) is 4.02. The first-order valence-corrected chi connectivity index (χ1v) is 8.57. The van der Waals surface area contributed by atoms with Gasteiger partial charge in [0.25, 0.3) is 0 Å². The Kier molecular flexibility index (Phi) is 5.87. The number of hydrogen-bond acceptors (Lipinski definition) is 4. The summed E-state index contributed by atoms with van der Waals surface area (Å²) in [5, 5.41) is 12.1. The van der Waals surface area contributed by atoms with Crippen molar-refractivity contribution in [3.63, 3.8) is 0 Å². The molecule has 1 aromatic carbocycles. The SMILES string of the molecule is COc1cccc(CCC(=O)NC2(C(=O)O)CCSCC2)c1F. The van der Waals surface area contributed by atoms with Crippen molar-refractivity contribution in [3.05, 3.63) is 29.6 Å². The fourth-order valence-corrected chi connectivity index (χ4v) is 3.79. The molecule has 0 bridgehead atoms. The Balaban J connectivity index is 1.98. The first kappa shape index (κ1) is 17.6.